The van der Waals surface area contributed by atoms with Crippen LogP contribution in [0.15, 0.2) is 60.2 Å². The number of halogens is 1. The van der Waals surface area contributed by atoms with Gasteiger partial charge in [-0.3, -0.25) is 4.98 Å². The van der Waals surface area contributed by atoms with Gasteiger partial charge in [0.1, 0.15) is 5.01 Å². The molecule has 0 aliphatic rings. The smallest absolute Gasteiger partial charge is 0.142 e. The van der Waals surface area contributed by atoms with E-state index in [1.165, 1.54) is 5.39 Å². The van der Waals surface area contributed by atoms with Gasteiger partial charge in [-0.25, -0.2) is 4.98 Å². The summed E-state index contributed by atoms with van der Waals surface area (Å²) >= 11 is 1.62. The van der Waals surface area contributed by atoms with Crippen molar-refractivity contribution in [3.8, 4) is 22.0 Å². The minimum Gasteiger partial charge on any atom is -0.360 e. The molecule has 104 valence electrons. The summed E-state index contributed by atoms with van der Waals surface area (Å²) in [4.78, 5) is 12.3. The summed E-state index contributed by atoms with van der Waals surface area (Å²) in [5.74, 6) is 0. The van der Waals surface area contributed by atoms with E-state index < -0.39 is 0 Å². The van der Waals surface area contributed by atoms with Gasteiger partial charge in [0, 0.05) is 34.2 Å². The van der Waals surface area contributed by atoms with Crippen LogP contribution in [-0.4, -0.2) is 15.0 Å². The van der Waals surface area contributed by atoms with E-state index in [2.05, 4.69) is 27.5 Å². The molecule has 3 aromatic heterocycles. The highest BCUT2D eigenvalue weighted by Crippen LogP contribution is 2.32. The van der Waals surface area contributed by atoms with Crippen molar-refractivity contribution in [2.75, 3.05) is 0 Å². The zero-order valence-corrected chi connectivity index (χ0v) is 12.6. The fraction of sp³-hybridized carbons (Fsp3) is 0. The van der Waals surface area contributed by atoms with E-state index in [1.54, 1.807) is 17.5 Å². The minimum atomic E-state index is 0. The molecule has 0 saturated carbocycles. The number of hydrogen-bond acceptors (Lipinski definition) is 3. The molecule has 0 fully saturated rings. The first-order valence-corrected chi connectivity index (χ1v) is 7.23. The lowest BCUT2D eigenvalue weighted by Crippen LogP contribution is -1.81. The van der Waals surface area contributed by atoms with Crippen molar-refractivity contribution in [1.82, 2.24) is 15.0 Å². The Kier molecular flexibility index (Phi) is 3.73. The van der Waals surface area contributed by atoms with Gasteiger partial charge in [0.05, 0.1) is 11.4 Å². The van der Waals surface area contributed by atoms with Crippen molar-refractivity contribution >= 4 is 34.6 Å². The third-order valence-electron chi connectivity index (χ3n) is 3.25. The molecule has 0 saturated heterocycles. The molecule has 3 nitrogen and oxygen atoms in total. The van der Waals surface area contributed by atoms with Crippen molar-refractivity contribution < 1.29 is 0 Å². The van der Waals surface area contributed by atoms with E-state index in [1.807, 2.05) is 36.5 Å². The lowest BCUT2D eigenvalue weighted by Gasteiger charge is -1.95. The average Bonchev–Trinajstić information content (AvgIpc) is 3.14. The first-order valence-electron chi connectivity index (χ1n) is 6.35. The molecule has 0 atom stereocenters. The number of nitrogens with one attached hydrogen (secondary N) is 1. The van der Waals surface area contributed by atoms with Gasteiger partial charge in [0.2, 0.25) is 0 Å². The second kappa shape index (κ2) is 5.68. The maximum atomic E-state index is 4.71. The monoisotopic (exact) mass is 313 g/mol. The summed E-state index contributed by atoms with van der Waals surface area (Å²) in [7, 11) is 0. The van der Waals surface area contributed by atoms with Crippen LogP contribution < -0.4 is 0 Å². The Balaban J connectivity index is 0.00000132. The maximum absolute atomic E-state index is 4.71. The Labute approximate surface area is 132 Å². The number of thiazole rings is 1. The summed E-state index contributed by atoms with van der Waals surface area (Å²) in [5.41, 5.74) is 4.19. The Morgan fingerprint density at radius 2 is 1.81 bits per heavy atom. The number of rotatable bonds is 2. The molecule has 1 N–H and O–H groups in total. The fourth-order valence-corrected chi connectivity index (χ4v) is 3.08. The molecule has 5 heteroatoms. The Morgan fingerprint density at radius 3 is 2.67 bits per heavy atom. The molecule has 0 aliphatic carbocycles. The largest absolute Gasteiger partial charge is 0.360 e. The number of benzene rings is 1. The quantitative estimate of drug-likeness (QED) is 0.579. The predicted octanol–water partition coefficient (Wildman–Crippen LogP) is 4.78. The second-order valence-corrected chi connectivity index (χ2v) is 5.36. The number of nitrogens with zero attached hydrogens (tertiary/aromatic N) is 2. The number of aromatic amines is 1. The first kappa shape index (κ1) is 13.8. The second-order valence-electron chi connectivity index (χ2n) is 4.50. The molecule has 0 spiro atoms. The van der Waals surface area contributed by atoms with E-state index in [0.29, 0.717) is 0 Å². The first-order chi connectivity index (χ1) is 9.92. The van der Waals surface area contributed by atoms with E-state index in [0.717, 1.165) is 27.5 Å². The molecule has 3 heterocycles. The Bertz CT molecular complexity index is 867. The highest BCUT2D eigenvalue weighted by atomic mass is 35.5. The van der Waals surface area contributed by atoms with Crippen LogP contribution in [0.4, 0.5) is 0 Å². The SMILES string of the molecule is Cl.c1ccc(-c2nc(-c3c[nH]c4ccccc34)cs2)nc1. The number of aromatic nitrogens is 3. The molecule has 4 aromatic rings. The number of para-hydroxylation sites is 1. The van der Waals surface area contributed by atoms with Crippen molar-refractivity contribution in [1.29, 1.82) is 0 Å². The van der Waals surface area contributed by atoms with Crippen molar-refractivity contribution in [3.63, 3.8) is 0 Å². The predicted molar refractivity (Wildman–Crippen MR) is 89.9 cm³/mol. The van der Waals surface area contributed by atoms with Gasteiger partial charge in [-0.1, -0.05) is 24.3 Å². The third-order valence-corrected chi connectivity index (χ3v) is 4.12. The summed E-state index contributed by atoms with van der Waals surface area (Å²) in [5, 5.41) is 4.23. The normalized spacial score (nSPS) is 10.5. The zero-order valence-electron chi connectivity index (χ0n) is 11.0. The zero-order chi connectivity index (χ0) is 13.4. The number of pyridine rings is 1. The van der Waals surface area contributed by atoms with E-state index in [-0.39, 0.29) is 12.4 Å². The van der Waals surface area contributed by atoms with E-state index in [9.17, 15) is 0 Å². The van der Waals surface area contributed by atoms with Crippen LogP contribution in [0.2, 0.25) is 0 Å². The van der Waals surface area contributed by atoms with Crippen LogP contribution in [-0.2, 0) is 0 Å². The fourth-order valence-electron chi connectivity index (χ4n) is 2.29. The molecule has 0 aliphatic heterocycles. The molecule has 0 amide bonds. The number of fused-ring (bicyclic) bond motifs is 1. The average molecular weight is 314 g/mol. The highest BCUT2D eigenvalue weighted by Gasteiger charge is 2.10. The van der Waals surface area contributed by atoms with Crippen LogP contribution in [0, 0.1) is 0 Å². The molecule has 0 unspecified atom stereocenters. The lowest BCUT2D eigenvalue weighted by molar-refractivity contribution is 1.29. The summed E-state index contributed by atoms with van der Waals surface area (Å²) in [6, 6.07) is 14.1. The van der Waals surface area contributed by atoms with E-state index in [4.69, 9.17) is 4.98 Å². The molecule has 1 aromatic carbocycles. The van der Waals surface area contributed by atoms with Crippen LogP contribution >= 0.6 is 23.7 Å². The van der Waals surface area contributed by atoms with Gasteiger partial charge in [-0.15, -0.1) is 23.7 Å². The van der Waals surface area contributed by atoms with Gasteiger partial charge in [-0.05, 0) is 18.2 Å². The molecule has 0 bridgehead atoms. The van der Waals surface area contributed by atoms with Crippen molar-refractivity contribution in [2.45, 2.75) is 0 Å². The molecular formula is C16H12ClN3S. The van der Waals surface area contributed by atoms with Crippen LogP contribution in [0.5, 0.6) is 0 Å². The number of hydrogen-bond donors (Lipinski definition) is 1. The van der Waals surface area contributed by atoms with Gasteiger partial charge in [-0.2, -0.15) is 0 Å². The van der Waals surface area contributed by atoms with Gasteiger partial charge >= 0.3 is 0 Å². The summed E-state index contributed by atoms with van der Waals surface area (Å²) < 4.78 is 0. The summed E-state index contributed by atoms with van der Waals surface area (Å²) in [6.07, 6.45) is 3.81. The highest BCUT2D eigenvalue weighted by molar-refractivity contribution is 7.13. The van der Waals surface area contributed by atoms with Gasteiger partial charge in [0.15, 0.2) is 0 Å². The van der Waals surface area contributed by atoms with Gasteiger partial charge < -0.3 is 4.98 Å². The van der Waals surface area contributed by atoms with Gasteiger partial charge in [0.25, 0.3) is 0 Å². The Morgan fingerprint density at radius 1 is 0.952 bits per heavy atom. The minimum absolute atomic E-state index is 0. The molecule has 4 rings (SSSR count). The van der Waals surface area contributed by atoms with Crippen molar-refractivity contribution in [2.24, 2.45) is 0 Å². The summed E-state index contributed by atoms with van der Waals surface area (Å²) in [6.45, 7) is 0. The maximum Gasteiger partial charge on any atom is 0.142 e. The lowest BCUT2D eigenvalue weighted by atomic mass is 10.1. The standard InChI is InChI=1S/C16H11N3S.ClH/c1-2-6-13-11(5-1)12(9-18-13)15-10-20-16(19-15)14-7-3-4-8-17-14;/h1-10,18H;1H. The topological polar surface area (TPSA) is 41.6 Å². The molecular weight excluding hydrogens is 302 g/mol. The van der Waals surface area contributed by atoms with Crippen molar-refractivity contribution in [3.05, 3.63) is 60.2 Å². The number of H-pyrrole nitrogens is 1. The third kappa shape index (κ3) is 2.44. The van der Waals surface area contributed by atoms with Crippen LogP contribution in [0.25, 0.3) is 32.9 Å². The molecule has 0 radical (unpaired) electrons. The van der Waals surface area contributed by atoms with Crippen LogP contribution in [0.1, 0.15) is 0 Å². The Hall–Kier alpha value is -2.17. The molecule has 21 heavy (non-hydrogen) atoms. The van der Waals surface area contributed by atoms with E-state index >= 15 is 0 Å². The van der Waals surface area contributed by atoms with Crippen LogP contribution in [0.3, 0.4) is 0 Å².